The highest BCUT2D eigenvalue weighted by atomic mass is 79.9. The van der Waals surface area contributed by atoms with Gasteiger partial charge in [0.25, 0.3) is 0 Å². The molecule has 98 valence electrons. The summed E-state index contributed by atoms with van der Waals surface area (Å²) in [6.07, 6.45) is 0. The highest BCUT2D eigenvalue weighted by Gasteiger charge is 2.19. The number of benzene rings is 1. The number of halogens is 2. The van der Waals surface area contributed by atoms with E-state index in [1.165, 1.54) is 7.11 Å². The molecule has 1 atom stereocenters. The largest absolute Gasteiger partial charge is 0.465 e. The number of ether oxygens (including phenoxy) is 1. The van der Waals surface area contributed by atoms with Crippen LogP contribution < -0.4 is 11.1 Å². The average molecular weight is 380 g/mol. The van der Waals surface area contributed by atoms with Crippen molar-refractivity contribution in [2.24, 2.45) is 5.73 Å². The van der Waals surface area contributed by atoms with E-state index < -0.39 is 12.0 Å². The van der Waals surface area contributed by atoms with Crippen molar-refractivity contribution in [2.45, 2.75) is 13.0 Å². The van der Waals surface area contributed by atoms with Gasteiger partial charge in [-0.2, -0.15) is 0 Å². The third-order valence-corrected chi connectivity index (χ3v) is 3.21. The standard InChI is InChI=1S/C11H12Br2N2O3/c1-5(14)10(16)15-9-7(11(17)18-2)3-6(12)4-8(9)13/h3-5H,14H2,1-2H3,(H,15,16)/t5-/m1/s1. The highest BCUT2D eigenvalue weighted by molar-refractivity contribution is 9.11. The summed E-state index contributed by atoms with van der Waals surface area (Å²) in [6, 6.07) is 2.60. The Morgan fingerprint density at radius 1 is 1.39 bits per heavy atom. The van der Waals surface area contributed by atoms with Crippen molar-refractivity contribution in [3.05, 3.63) is 26.6 Å². The molecule has 1 rings (SSSR count). The van der Waals surface area contributed by atoms with Gasteiger partial charge in [-0.15, -0.1) is 0 Å². The lowest BCUT2D eigenvalue weighted by Gasteiger charge is -2.13. The summed E-state index contributed by atoms with van der Waals surface area (Å²) < 4.78 is 5.92. The van der Waals surface area contributed by atoms with Crippen molar-refractivity contribution < 1.29 is 14.3 Å². The molecule has 0 fully saturated rings. The van der Waals surface area contributed by atoms with Crippen LogP contribution in [0.25, 0.3) is 0 Å². The first kappa shape index (κ1) is 15.1. The summed E-state index contributed by atoms with van der Waals surface area (Å²) in [6.45, 7) is 1.56. The minimum absolute atomic E-state index is 0.243. The molecule has 0 aromatic heterocycles. The fourth-order valence-corrected chi connectivity index (χ4v) is 2.53. The summed E-state index contributed by atoms with van der Waals surface area (Å²) in [5, 5.41) is 2.59. The molecule has 0 saturated carbocycles. The van der Waals surface area contributed by atoms with Crippen LogP contribution in [0.3, 0.4) is 0 Å². The van der Waals surface area contributed by atoms with Gasteiger partial charge >= 0.3 is 5.97 Å². The Labute approximate surface area is 121 Å². The first-order chi connectivity index (χ1) is 8.36. The van der Waals surface area contributed by atoms with Crippen molar-refractivity contribution in [3.63, 3.8) is 0 Å². The second-order valence-corrected chi connectivity index (χ2v) is 5.35. The van der Waals surface area contributed by atoms with Crippen molar-refractivity contribution in [1.82, 2.24) is 0 Å². The van der Waals surface area contributed by atoms with E-state index >= 15 is 0 Å². The van der Waals surface area contributed by atoms with Crippen LogP contribution in [0.1, 0.15) is 17.3 Å². The number of nitrogens with one attached hydrogen (secondary N) is 1. The smallest absolute Gasteiger partial charge is 0.340 e. The Hall–Kier alpha value is -0.920. The normalized spacial score (nSPS) is 11.8. The quantitative estimate of drug-likeness (QED) is 0.789. The maximum Gasteiger partial charge on any atom is 0.340 e. The number of esters is 1. The Bertz CT molecular complexity index is 489. The molecule has 5 nitrogen and oxygen atoms in total. The molecule has 18 heavy (non-hydrogen) atoms. The van der Waals surface area contributed by atoms with Gasteiger partial charge in [0, 0.05) is 8.95 Å². The highest BCUT2D eigenvalue weighted by Crippen LogP contribution is 2.31. The molecule has 0 aliphatic carbocycles. The van der Waals surface area contributed by atoms with Crippen molar-refractivity contribution in [2.75, 3.05) is 12.4 Å². The third kappa shape index (κ3) is 3.54. The van der Waals surface area contributed by atoms with Gasteiger partial charge in [-0.25, -0.2) is 4.79 Å². The first-order valence-electron chi connectivity index (χ1n) is 5.00. The predicted molar refractivity (Wildman–Crippen MR) is 75.5 cm³/mol. The van der Waals surface area contributed by atoms with Crippen LogP contribution in [0.15, 0.2) is 21.1 Å². The molecule has 1 amide bonds. The Morgan fingerprint density at radius 3 is 2.50 bits per heavy atom. The minimum atomic E-state index is -0.675. The van der Waals surface area contributed by atoms with Gasteiger partial charge in [0.05, 0.1) is 24.4 Å². The second kappa shape index (κ2) is 6.31. The summed E-state index contributed by atoms with van der Waals surface area (Å²) >= 11 is 6.54. The third-order valence-electron chi connectivity index (χ3n) is 2.12. The van der Waals surface area contributed by atoms with Gasteiger partial charge in [0.15, 0.2) is 0 Å². The fraction of sp³-hybridized carbons (Fsp3) is 0.273. The van der Waals surface area contributed by atoms with Crippen molar-refractivity contribution >= 4 is 49.4 Å². The molecular weight excluding hydrogens is 368 g/mol. The van der Waals surface area contributed by atoms with Crippen LogP contribution in [-0.4, -0.2) is 25.0 Å². The molecule has 0 saturated heterocycles. The van der Waals surface area contributed by atoms with Gasteiger partial charge in [-0.3, -0.25) is 4.79 Å². The molecule has 0 bridgehead atoms. The van der Waals surface area contributed by atoms with Gasteiger partial charge in [0.1, 0.15) is 0 Å². The SMILES string of the molecule is COC(=O)c1cc(Br)cc(Br)c1NC(=O)[C@@H](C)N. The zero-order chi connectivity index (χ0) is 13.9. The molecule has 0 unspecified atom stereocenters. The van der Waals surface area contributed by atoms with E-state index in [9.17, 15) is 9.59 Å². The second-order valence-electron chi connectivity index (χ2n) is 3.58. The molecule has 0 spiro atoms. The number of carbonyl (C=O) groups is 2. The molecule has 3 N–H and O–H groups in total. The Balaban J connectivity index is 3.24. The number of rotatable bonds is 3. The zero-order valence-corrected chi connectivity index (χ0v) is 13.0. The maximum atomic E-state index is 11.6. The predicted octanol–water partition coefficient (Wildman–Crippen LogP) is 2.28. The van der Waals surface area contributed by atoms with E-state index in [0.29, 0.717) is 14.6 Å². The molecule has 0 aliphatic rings. The number of carbonyl (C=O) groups excluding carboxylic acids is 2. The van der Waals surface area contributed by atoms with Crippen LogP contribution in [0.2, 0.25) is 0 Å². The van der Waals surface area contributed by atoms with E-state index in [1.54, 1.807) is 19.1 Å². The number of hydrogen-bond acceptors (Lipinski definition) is 4. The lowest BCUT2D eigenvalue weighted by Crippen LogP contribution is -2.33. The fourth-order valence-electron chi connectivity index (χ4n) is 1.21. The van der Waals surface area contributed by atoms with Gasteiger partial charge < -0.3 is 15.8 Å². The number of anilines is 1. The van der Waals surface area contributed by atoms with Crippen molar-refractivity contribution in [1.29, 1.82) is 0 Å². The molecule has 0 heterocycles. The van der Waals surface area contributed by atoms with Crippen LogP contribution in [0.5, 0.6) is 0 Å². The number of methoxy groups -OCH3 is 1. The topological polar surface area (TPSA) is 81.4 Å². The number of nitrogens with two attached hydrogens (primary N) is 1. The van der Waals surface area contributed by atoms with E-state index in [2.05, 4.69) is 41.9 Å². The number of amides is 1. The molecule has 1 aromatic carbocycles. The van der Waals surface area contributed by atoms with Crippen LogP contribution in [0.4, 0.5) is 5.69 Å². The monoisotopic (exact) mass is 378 g/mol. The molecular formula is C11H12Br2N2O3. The van der Waals surface area contributed by atoms with Crippen LogP contribution in [-0.2, 0) is 9.53 Å². The first-order valence-corrected chi connectivity index (χ1v) is 6.59. The Morgan fingerprint density at radius 2 is 2.00 bits per heavy atom. The summed E-state index contributed by atoms with van der Waals surface area (Å²) in [7, 11) is 1.27. The average Bonchev–Trinajstić information content (AvgIpc) is 2.30. The molecule has 7 heteroatoms. The summed E-state index contributed by atoms with van der Waals surface area (Å²) in [5.74, 6) is -0.930. The Kier molecular flexibility index (Phi) is 5.30. The van der Waals surface area contributed by atoms with E-state index in [0.717, 1.165) is 0 Å². The lowest BCUT2D eigenvalue weighted by molar-refractivity contribution is -0.117. The van der Waals surface area contributed by atoms with Gasteiger partial charge in [-0.1, -0.05) is 15.9 Å². The van der Waals surface area contributed by atoms with Crippen LogP contribution in [0, 0.1) is 0 Å². The van der Waals surface area contributed by atoms with E-state index in [4.69, 9.17) is 5.73 Å². The molecule has 1 aromatic rings. The maximum absolute atomic E-state index is 11.6. The van der Waals surface area contributed by atoms with E-state index in [-0.39, 0.29) is 11.5 Å². The van der Waals surface area contributed by atoms with Gasteiger partial charge in [0.2, 0.25) is 5.91 Å². The summed E-state index contributed by atoms with van der Waals surface area (Å²) in [5.41, 5.74) is 6.05. The van der Waals surface area contributed by atoms with E-state index in [1.807, 2.05) is 0 Å². The lowest BCUT2D eigenvalue weighted by atomic mass is 10.1. The van der Waals surface area contributed by atoms with Crippen molar-refractivity contribution in [3.8, 4) is 0 Å². The molecule has 0 aliphatic heterocycles. The minimum Gasteiger partial charge on any atom is -0.465 e. The number of hydrogen-bond donors (Lipinski definition) is 2. The zero-order valence-electron chi connectivity index (χ0n) is 9.79. The molecule has 0 radical (unpaired) electrons. The van der Waals surface area contributed by atoms with Gasteiger partial charge in [-0.05, 0) is 35.0 Å². The summed E-state index contributed by atoms with van der Waals surface area (Å²) in [4.78, 5) is 23.2. The van der Waals surface area contributed by atoms with Crippen LogP contribution >= 0.6 is 31.9 Å².